The summed E-state index contributed by atoms with van der Waals surface area (Å²) in [6, 6.07) is 13.9. The van der Waals surface area contributed by atoms with Crippen molar-refractivity contribution in [3.63, 3.8) is 0 Å². The van der Waals surface area contributed by atoms with Crippen molar-refractivity contribution in [3.8, 4) is 5.75 Å². The van der Waals surface area contributed by atoms with Crippen LogP contribution in [0.25, 0.3) is 0 Å². The highest BCUT2D eigenvalue weighted by Gasteiger charge is 2.33. The second-order valence-corrected chi connectivity index (χ2v) is 5.55. The van der Waals surface area contributed by atoms with E-state index in [1.165, 1.54) is 4.90 Å². The Morgan fingerprint density at radius 1 is 1.09 bits per heavy atom. The fraction of sp³-hybridized carbons (Fsp3) is 0.176. The Morgan fingerprint density at radius 3 is 2.50 bits per heavy atom. The molecule has 0 spiro atoms. The fourth-order valence-electron chi connectivity index (χ4n) is 2.37. The molecule has 0 fully saturated rings. The quantitative estimate of drug-likeness (QED) is 0.799. The Balaban J connectivity index is 1.96. The Hall–Kier alpha value is -2.33. The first-order valence-corrected chi connectivity index (χ1v) is 7.30. The number of rotatable bonds is 2. The number of benzene rings is 2. The smallest absolute Gasteiger partial charge is 0.270 e. The lowest BCUT2D eigenvalue weighted by atomic mass is 10.1. The predicted octanol–water partition coefficient (Wildman–Crippen LogP) is 3.29. The number of nitrogens with zero attached hydrogens (tertiary/aromatic N) is 1. The molecule has 1 aliphatic rings. The molecule has 0 aliphatic carbocycles. The van der Waals surface area contributed by atoms with Crippen LogP contribution in [0.15, 0.2) is 48.5 Å². The van der Waals surface area contributed by atoms with E-state index in [1.54, 1.807) is 55.5 Å². The number of ether oxygens (including phenoxy) is 1. The molecule has 0 radical (unpaired) electrons. The van der Waals surface area contributed by atoms with Gasteiger partial charge in [-0.25, -0.2) is 0 Å². The van der Waals surface area contributed by atoms with Crippen LogP contribution >= 0.6 is 11.6 Å². The summed E-state index contributed by atoms with van der Waals surface area (Å²) < 4.78 is 5.59. The maximum Gasteiger partial charge on any atom is 0.270 e. The van der Waals surface area contributed by atoms with Crippen molar-refractivity contribution < 1.29 is 14.3 Å². The van der Waals surface area contributed by atoms with Crippen molar-refractivity contribution in [2.24, 2.45) is 0 Å². The molecule has 0 N–H and O–H groups in total. The summed E-state index contributed by atoms with van der Waals surface area (Å²) in [6.45, 7) is 1.84. The summed E-state index contributed by atoms with van der Waals surface area (Å²) in [6.07, 6.45) is -0.708. The van der Waals surface area contributed by atoms with E-state index in [9.17, 15) is 9.59 Å². The molecular formula is C17H14ClNO3. The van der Waals surface area contributed by atoms with Crippen LogP contribution in [0.1, 0.15) is 22.8 Å². The molecule has 4 nitrogen and oxygen atoms in total. The average Bonchev–Trinajstić information content (AvgIpc) is 2.61. The Kier molecular flexibility index (Phi) is 3.86. The van der Waals surface area contributed by atoms with E-state index in [2.05, 4.69) is 0 Å². The molecule has 1 heterocycles. The summed E-state index contributed by atoms with van der Waals surface area (Å²) in [5.41, 5.74) is 1.23. The van der Waals surface area contributed by atoms with Gasteiger partial charge >= 0.3 is 0 Å². The first kappa shape index (κ1) is 14.6. The molecule has 0 saturated heterocycles. The molecule has 3 rings (SSSR count). The van der Waals surface area contributed by atoms with Gasteiger partial charge in [0.05, 0.1) is 12.1 Å². The van der Waals surface area contributed by atoms with E-state index in [0.29, 0.717) is 16.3 Å². The van der Waals surface area contributed by atoms with E-state index in [4.69, 9.17) is 16.3 Å². The minimum absolute atomic E-state index is 0.191. The maximum absolute atomic E-state index is 12.7. The minimum atomic E-state index is -0.708. The lowest BCUT2D eigenvalue weighted by Crippen LogP contribution is -2.41. The number of hydrogen-bond donors (Lipinski definition) is 0. The van der Waals surface area contributed by atoms with Crippen LogP contribution < -0.4 is 4.74 Å². The second-order valence-electron chi connectivity index (χ2n) is 5.11. The summed E-state index contributed by atoms with van der Waals surface area (Å²) in [5, 5.41) is 0.610. The Bertz CT molecular complexity index is 727. The van der Waals surface area contributed by atoms with E-state index in [0.717, 1.165) is 5.56 Å². The van der Waals surface area contributed by atoms with Crippen molar-refractivity contribution in [1.29, 1.82) is 0 Å². The van der Waals surface area contributed by atoms with Gasteiger partial charge in [0.25, 0.3) is 11.8 Å². The van der Waals surface area contributed by atoms with Crippen molar-refractivity contribution in [2.75, 3.05) is 0 Å². The van der Waals surface area contributed by atoms with Crippen molar-refractivity contribution in [1.82, 2.24) is 4.90 Å². The molecule has 2 aromatic carbocycles. The Labute approximate surface area is 133 Å². The molecule has 2 amide bonds. The van der Waals surface area contributed by atoms with Crippen LogP contribution in [0, 0.1) is 0 Å². The Morgan fingerprint density at radius 2 is 1.77 bits per heavy atom. The van der Waals surface area contributed by atoms with Crippen molar-refractivity contribution in [3.05, 3.63) is 64.7 Å². The van der Waals surface area contributed by atoms with Crippen LogP contribution in [-0.2, 0) is 11.3 Å². The van der Waals surface area contributed by atoms with E-state index >= 15 is 0 Å². The molecule has 0 aromatic heterocycles. The molecular weight excluding hydrogens is 302 g/mol. The van der Waals surface area contributed by atoms with Gasteiger partial charge in [-0.1, -0.05) is 35.9 Å². The standard InChI is InChI=1S/C17H14ClNO3/c1-11-16(20)19(10-12-6-8-13(18)9-7-12)17(21)14-4-2-3-5-15(14)22-11/h2-9,11H,10H2,1H3/t11-/m1/s1. The average molecular weight is 316 g/mol. The summed E-state index contributed by atoms with van der Waals surface area (Å²) in [7, 11) is 0. The van der Waals surface area contributed by atoms with Gasteiger partial charge in [0, 0.05) is 5.02 Å². The summed E-state index contributed by atoms with van der Waals surface area (Å²) in [4.78, 5) is 26.3. The van der Waals surface area contributed by atoms with Gasteiger partial charge in [0.2, 0.25) is 0 Å². The van der Waals surface area contributed by atoms with Crippen LogP contribution in [-0.4, -0.2) is 22.8 Å². The highest BCUT2D eigenvalue weighted by molar-refractivity contribution is 6.30. The van der Waals surface area contributed by atoms with Gasteiger partial charge in [-0.2, -0.15) is 0 Å². The number of fused-ring (bicyclic) bond motifs is 1. The highest BCUT2D eigenvalue weighted by Crippen LogP contribution is 2.26. The molecule has 22 heavy (non-hydrogen) atoms. The van der Waals surface area contributed by atoms with Crippen LogP contribution in [0.2, 0.25) is 5.02 Å². The molecule has 0 bridgehead atoms. The van der Waals surface area contributed by atoms with Crippen molar-refractivity contribution >= 4 is 23.4 Å². The molecule has 112 valence electrons. The number of hydrogen-bond acceptors (Lipinski definition) is 3. The largest absolute Gasteiger partial charge is 0.480 e. The molecule has 1 aliphatic heterocycles. The number of imide groups is 1. The molecule has 0 saturated carbocycles. The predicted molar refractivity (Wildman–Crippen MR) is 82.9 cm³/mol. The first-order chi connectivity index (χ1) is 10.6. The molecule has 1 atom stereocenters. The van der Waals surface area contributed by atoms with Gasteiger partial charge in [0.15, 0.2) is 6.10 Å². The zero-order valence-electron chi connectivity index (χ0n) is 12.0. The van der Waals surface area contributed by atoms with Gasteiger partial charge < -0.3 is 4.74 Å². The van der Waals surface area contributed by atoms with E-state index in [1.807, 2.05) is 0 Å². The SMILES string of the molecule is C[C@H]1Oc2ccccc2C(=O)N(Cc2ccc(Cl)cc2)C1=O. The van der Waals surface area contributed by atoms with E-state index < -0.39 is 6.10 Å². The second kappa shape index (κ2) is 5.81. The lowest BCUT2D eigenvalue weighted by Gasteiger charge is -2.20. The number of amides is 2. The number of carbonyl (C=O) groups excluding carboxylic acids is 2. The van der Waals surface area contributed by atoms with Crippen LogP contribution in [0.3, 0.4) is 0 Å². The zero-order chi connectivity index (χ0) is 15.7. The molecule has 5 heteroatoms. The third kappa shape index (κ3) is 2.70. The highest BCUT2D eigenvalue weighted by atomic mass is 35.5. The van der Waals surface area contributed by atoms with Crippen LogP contribution in [0.5, 0.6) is 5.75 Å². The topological polar surface area (TPSA) is 46.6 Å². The molecule has 2 aromatic rings. The lowest BCUT2D eigenvalue weighted by molar-refractivity contribution is -0.135. The maximum atomic E-state index is 12.7. The monoisotopic (exact) mass is 315 g/mol. The third-order valence-electron chi connectivity index (χ3n) is 3.53. The number of halogens is 1. The number of para-hydroxylation sites is 1. The molecule has 0 unspecified atom stereocenters. The van der Waals surface area contributed by atoms with E-state index in [-0.39, 0.29) is 18.4 Å². The minimum Gasteiger partial charge on any atom is -0.480 e. The van der Waals surface area contributed by atoms with Gasteiger partial charge in [0.1, 0.15) is 5.75 Å². The third-order valence-corrected chi connectivity index (χ3v) is 3.79. The van der Waals surface area contributed by atoms with Gasteiger partial charge in [-0.3, -0.25) is 14.5 Å². The fourth-order valence-corrected chi connectivity index (χ4v) is 2.50. The zero-order valence-corrected chi connectivity index (χ0v) is 12.7. The first-order valence-electron chi connectivity index (χ1n) is 6.92. The summed E-state index contributed by atoms with van der Waals surface area (Å²) >= 11 is 5.86. The normalized spacial score (nSPS) is 17.7. The van der Waals surface area contributed by atoms with Crippen molar-refractivity contribution in [2.45, 2.75) is 19.6 Å². The van der Waals surface area contributed by atoms with Gasteiger partial charge in [-0.05, 0) is 36.8 Å². The summed E-state index contributed by atoms with van der Waals surface area (Å²) in [5.74, 6) is -0.261. The number of carbonyl (C=O) groups is 2. The van der Waals surface area contributed by atoms with Crippen LogP contribution in [0.4, 0.5) is 0 Å². The van der Waals surface area contributed by atoms with Gasteiger partial charge in [-0.15, -0.1) is 0 Å².